The fourth-order valence-corrected chi connectivity index (χ4v) is 3.15. The molecule has 1 aromatic carbocycles. The second-order valence-electron chi connectivity index (χ2n) is 6.05. The van der Waals surface area contributed by atoms with Crippen molar-refractivity contribution in [3.05, 3.63) is 48.5 Å². The van der Waals surface area contributed by atoms with E-state index in [1.54, 1.807) is 4.90 Å². The molecule has 3 heterocycles. The number of imidazole rings is 1. The Bertz CT molecular complexity index is 905. The summed E-state index contributed by atoms with van der Waals surface area (Å²) in [6.45, 7) is 3.60. The molecule has 4 rings (SSSR count). The molecule has 2 aromatic heterocycles. The fraction of sp³-hybridized carbons (Fsp3) is 0.278. The standard InChI is InChI=1S/C18H17N5/c1-13-2-3-14-8-15(4-5-17(14)21-13)18-10-23(12-20-18)16-6-7-22(9-16)11-19/h2-5,8,10,12,16H,6-7,9H2,1H3. The quantitative estimate of drug-likeness (QED) is 0.682. The van der Waals surface area contributed by atoms with E-state index in [9.17, 15) is 0 Å². The highest BCUT2D eigenvalue weighted by atomic mass is 15.2. The zero-order valence-corrected chi connectivity index (χ0v) is 13.0. The SMILES string of the molecule is Cc1ccc2cc(-c3cn(C4CCN(C#N)C4)cn3)ccc2n1. The normalized spacial score (nSPS) is 17.6. The highest BCUT2D eigenvalue weighted by Gasteiger charge is 2.23. The van der Waals surface area contributed by atoms with Crippen LogP contribution in [-0.2, 0) is 0 Å². The van der Waals surface area contributed by atoms with Crippen LogP contribution in [0.3, 0.4) is 0 Å². The molecule has 1 unspecified atom stereocenters. The summed E-state index contributed by atoms with van der Waals surface area (Å²) in [7, 11) is 0. The Balaban J connectivity index is 1.64. The first-order chi connectivity index (χ1) is 11.2. The molecule has 0 radical (unpaired) electrons. The van der Waals surface area contributed by atoms with Crippen molar-refractivity contribution in [1.29, 1.82) is 5.26 Å². The van der Waals surface area contributed by atoms with Crippen molar-refractivity contribution in [2.24, 2.45) is 0 Å². The molecule has 1 atom stereocenters. The first-order valence-electron chi connectivity index (χ1n) is 7.79. The molecule has 0 amide bonds. The molecule has 23 heavy (non-hydrogen) atoms. The number of aryl methyl sites for hydroxylation is 1. The van der Waals surface area contributed by atoms with Gasteiger partial charge >= 0.3 is 0 Å². The minimum absolute atomic E-state index is 0.334. The maximum atomic E-state index is 8.98. The van der Waals surface area contributed by atoms with Gasteiger partial charge in [0, 0.05) is 35.9 Å². The molecule has 0 spiro atoms. The van der Waals surface area contributed by atoms with Crippen molar-refractivity contribution >= 4 is 10.9 Å². The van der Waals surface area contributed by atoms with E-state index in [1.807, 2.05) is 25.4 Å². The fourth-order valence-electron chi connectivity index (χ4n) is 3.15. The molecule has 1 aliphatic heterocycles. The van der Waals surface area contributed by atoms with Crippen LogP contribution in [0, 0.1) is 18.4 Å². The van der Waals surface area contributed by atoms with Gasteiger partial charge in [-0.2, -0.15) is 5.26 Å². The van der Waals surface area contributed by atoms with Crippen LogP contribution in [0.5, 0.6) is 0 Å². The van der Waals surface area contributed by atoms with Gasteiger partial charge in [0.25, 0.3) is 0 Å². The van der Waals surface area contributed by atoms with E-state index in [4.69, 9.17) is 5.26 Å². The van der Waals surface area contributed by atoms with Gasteiger partial charge in [0.1, 0.15) is 0 Å². The number of nitriles is 1. The topological polar surface area (TPSA) is 57.7 Å². The molecule has 1 aliphatic rings. The van der Waals surface area contributed by atoms with Crippen LogP contribution in [0.15, 0.2) is 42.9 Å². The van der Waals surface area contributed by atoms with Crippen LogP contribution in [0.2, 0.25) is 0 Å². The third-order valence-corrected chi connectivity index (χ3v) is 4.45. The minimum atomic E-state index is 0.334. The lowest BCUT2D eigenvalue weighted by Gasteiger charge is -2.10. The van der Waals surface area contributed by atoms with Crippen LogP contribution in [0.4, 0.5) is 0 Å². The van der Waals surface area contributed by atoms with Crippen molar-refractivity contribution in [2.45, 2.75) is 19.4 Å². The number of benzene rings is 1. The largest absolute Gasteiger partial charge is 0.332 e. The third kappa shape index (κ3) is 2.53. The monoisotopic (exact) mass is 303 g/mol. The summed E-state index contributed by atoms with van der Waals surface area (Å²) >= 11 is 0. The number of fused-ring (bicyclic) bond motifs is 1. The minimum Gasteiger partial charge on any atom is -0.332 e. The van der Waals surface area contributed by atoms with Gasteiger partial charge in [0.05, 0.1) is 23.6 Å². The van der Waals surface area contributed by atoms with Gasteiger partial charge in [-0.3, -0.25) is 4.98 Å². The molecule has 0 aliphatic carbocycles. The van der Waals surface area contributed by atoms with Crippen LogP contribution >= 0.6 is 0 Å². The predicted molar refractivity (Wildman–Crippen MR) is 88.5 cm³/mol. The third-order valence-electron chi connectivity index (χ3n) is 4.45. The van der Waals surface area contributed by atoms with Gasteiger partial charge in [0.2, 0.25) is 0 Å². The van der Waals surface area contributed by atoms with Gasteiger partial charge in [-0.1, -0.05) is 12.1 Å². The van der Waals surface area contributed by atoms with Gasteiger partial charge in [-0.15, -0.1) is 0 Å². The average molecular weight is 303 g/mol. The average Bonchev–Trinajstić information content (AvgIpc) is 3.23. The summed E-state index contributed by atoms with van der Waals surface area (Å²) in [6, 6.07) is 10.7. The Kier molecular flexibility index (Phi) is 3.23. The van der Waals surface area contributed by atoms with Crippen LogP contribution in [0.1, 0.15) is 18.2 Å². The maximum Gasteiger partial charge on any atom is 0.179 e. The number of nitrogens with zero attached hydrogens (tertiary/aromatic N) is 5. The Morgan fingerprint density at radius 3 is 3.00 bits per heavy atom. The summed E-state index contributed by atoms with van der Waals surface area (Å²) < 4.78 is 2.13. The van der Waals surface area contributed by atoms with E-state index < -0.39 is 0 Å². The summed E-state index contributed by atoms with van der Waals surface area (Å²) in [6.07, 6.45) is 7.16. The smallest absolute Gasteiger partial charge is 0.179 e. The lowest BCUT2D eigenvalue weighted by atomic mass is 10.1. The predicted octanol–water partition coefficient (Wildman–Crippen LogP) is 3.13. The van der Waals surface area contributed by atoms with Crippen LogP contribution < -0.4 is 0 Å². The number of hydrogen-bond acceptors (Lipinski definition) is 4. The van der Waals surface area contributed by atoms with E-state index in [1.165, 1.54) is 0 Å². The molecule has 1 saturated heterocycles. The first-order valence-corrected chi connectivity index (χ1v) is 7.79. The van der Waals surface area contributed by atoms with Crippen LogP contribution in [0.25, 0.3) is 22.2 Å². The van der Waals surface area contributed by atoms with E-state index in [0.717, 1.165) is 47.4 Å². The Morgan fingerprint density at radius 2 is 2.17 bits per heavy atom. The first kappa shape index (κ1) is 13.8. The molecular weight excluding hydrogens is 286 g/mol. The van der Waals surface area contributed by atoms with Crippen molar-refractivity contribution in [3.63, 3.8) is 0 Å². The molecule has 0 bridgehead atoms. The van der Waals surface area contributed by atoms with Gasteiger partial charge < -0.3 is 9.47 Å². The second-order valence-corrected chi connectivity index (χ2v) is 6.05. The van der Waals surface area contributed by atoms with Crippen LogP contribution in [-0.4, -0.2) is 32.5 Å². The molecule has 114 valence electrons. The van der Waals surface area contributed by atoms with Crippen molar-refractivity contribution < 1.29 is 0 Å². The van der Waals surface area contributed by atoms with Crippen molar-refractivity contribution in [1.82, 2.24) is 19.4 Å². The Labute approximate surface area is 134 Å². The Morgan fingerprint density at radius 1 is 1.26 bits per heavy atom. The van der Waals surface area contributed by atoms with Gasteiger partial charge in [-0.25, -0.2) is 4.98 Å². The molecule has 1 fully saturated rings. The number of aromatic nitrogens is 3. The highest BCUT2D eigenvalue weighted by molar-refractivity contribution is 5.83. The number of hydrogen-bond donors (Lipinski definition) is 0. The van der Waals surface area contributed by atoms with Gasteiger partial charge in [-0.05, 0) is 31.5 Å². The molecule has 0 saturated carbocycles. The zero-order valence-electron chi connectivity index (χ0n) is 13.0. The summed E-state index contributed by atoms with van der Waals surface area (Å²) in [5, 5.41) is 10.1. The lowest BCUT2D eigenvalue weighted by molar-refractivity contribution is 0.447. The number of pyridine rings is 1. The number of rotatable bonds is 2. The van der Waals surface area contributed by atoms with Crippen molar-refractivity contribution in [3.8, 4) is 17.5 Å². The van der Waals surface area contributed by atoms with Crippen molar-refractivity contribution in [2.75, 3.05) is 13.1 Å². The Hall–Kier alpha value is -2.87. The molecule has 0 N–H and O–H groups in total. The molecule has 5 nitrogen and oxygen atoms in total. The molecular formula is C18H17N5. The highest BCUT2D eigenvalue weighted by Crippen LogP contribution is 2.26. The maximum absolute atomic E-state index is 8.98. The molecule has 3 aromatic rings. The zero-order chi connectivity index (χ0) is 15.8. The van der Waals surface area contributed by atoms with E-state index in [0.29, 0.717) is 6.04 Å². The van der Waals surface area contributed by atoms with E-state index >= 15 is 0 Å². The second kappa shape index (κ2) is 5.40. The van der Waals surface area contributed by atoms with Gasteiger partial charge in [0.15, 0.2) is 6.19 Å². The molecule has 5 heteroatoms. The van der Waals surface area contributed by atoms with E-state index in [2.05, 4.69) is 45.1 Å². The van der Waals surface area contributed by atoms with E-state index in [-0.39, 0.29) is 0 Å². The summed E-state index contributed by atoms with van der Waals surface area (Å²) in [5.74, 6) is 0. The summed E-state index contributed by atoms with van der Waals surface area (Å²) in [5.41, 5.74) is 4.09. The lowest BCUT2D eigenvalue weighted by Crippen LogP contribution is -2.15. The number of likely N-dealkylation sites (tertiary alicyclic amines) is 1. The summed E-state index contributed by atoms with van der Waals surface area (Å²) in [4.78, 5) is 10.9.